The highest BCUT2D eigenvalue weighted by molar-refractivity contribution is 5.86. The van der Waals surface area contributed by atoms with Gasteiger partial charge in [-0.25, -0.2) is 0 Å². The molecule has 1 saturated carbocycles. The molecule has 2 aromatic carbocycles. The van der Waals surface area contributed by atoms with Crippen molar-refractivity contribution in [1.82, 2.24) is 4.90 Å². The third-order valence-electron chi connectivity index (χ3n) is 6.55. The van der Waals surface area contributed by atoms with Gasteiger partial charge in [0, 0.05) is 25.0 Å². The maximum atomic E-state index is 11.7. The molecule has 26 heavy (non-hydrogen) atoms. The fourth-order valence-electron chi connectivity index (χ4n) is 5.14. The molecule has 0 amide bonds. The summed E-state index contributed by atoms with van der Waals surface area (Å²) in [5.41, 5.74) is 6.96. The van der Waals surface area contributed by atoms with Gasteiger partial charge in [0.2, 0.25) is 0 Å². The van der Waals surface area contributed by atoms with Crippen LogP contribution in [0.5, 0.6) is 0 Å². The Kier molecular flexibility index (Phi) is 5.30. The quantitative estimate of drug-likeness (QED) is 0.873. The van der Waals surface area contributed by atoms with Crippen LogP contribution in [0.3, 0.4) is 0 Å². The van der Waals surface area contributed by atoms with Gasteiger partial charge in [0.25, 0.3) is 0 Å². The Hall–Kier alpha value is -1.42. The maximum Gasteiger partial charge on any atom is 0.0728 e. The molecule has 3 N–H and O–H groups in total. The molecule has 2 aliphatic rings. The highest BCUT2D eigenvalue weighted by atomic mass is 16.3. The Bertz CT molecular complexity index is 733. The molecule has 2 aromatic rings. The van der Waals surface area contributed by atoms with Crippen LogP contribution in [0.15, 0.2) is 42.5 Å². The summed E-state index contributed by atoms with van der Waals surface area (Å²) >= 11 is 0. The number of likely N-dealkylation sites (tertiary alicyclic amines) is 1. The second kappa shape index (κ2) is 7.67. The van der Waals surface area contributed by atoms with E-state index in [0.717, 1.165) is 51.7 Å². The van der Waals surface area contributed by atoms with Crippen molar-refractivity contribution in [3.05, 3.63) is 48.0 Å². The second-order valence-electron chi connectivity index (χ2n) is 8.45. The number of fused-ring (bicyclic) bond motifs is 1. The molecule has 1 unspecified atom stereocenters. The molecule has 3 heteroatoms. The van der Waals surface area contributed by atoms with Crippen molar-refractivity contribution in [3.8, 4) is 0 Å². The van der Waals surface area contributed by atoms with Gasteiger partial charge in [-0.2, -0.15) is 0 Å². The minimum absolute atomic E-state index is 0.152. The summed E-state index contributed by atoms with van der Waals surface area (Å²) in [6, 6.07) is 15.5. The van der Waals surface area contributed by atoms with Crippen LogP contribution < -0.4 is 5.73 Å². The summed E-state index contributed by atoms with van der Waals surface area (Å²) in [5, 5.41) is 14.2. The molecule has 1 heterocycles. The van der Waals surface area contributed by atoms with E-state index in [9.17, 15) is 5.11 Å². The van der Waals surface area contributed by atoms with Crippen LogP contribution in [0.1, 0.15) is 56.4 Å². The molecule has 1 aliphatic heterocycles. The molecule has 0 bridgehead atoms. The number of hydrogen-bond donors (Lipinski definition) is 2. The normalized spacial score (nSPS) is 25.2. The van der Waals surface area contributed by atoms with Crippen molar-refractivity contribution >= 4 is 10.8 Å². The van der Waals surface area contributed by atoms with Crippen LogP contribution >= 0.6 is 0 Å². The molecule has 1 saturated heterocycles. The van der Waals surface area contributed by atoms with Gasteiger partial charge in [0.15, 0.2) is 0 Å². The minimum atomic E-state index is -0.593. The Balaban J connectivity index is 1.72. The number of nitrogens with zero attached hydrogens (tertiary/aromatic N) is 1. The molecule has 2 atom stereocenters. The van der Waals surface area contributed by atoms with Crippen LogP contribution in [0.4, 0.5) is 0 Å². The topological polar surface area (TPSA) is 49.5 Å². The Morgan fingerprint density at radius 1 is 1.04 bits per heavy atom. The van der Waals surface area contributed by atoms with E-state index in [-0.39, 0.29) is 12.0 Å². The first-order valence-corrected chi connectivity index (χ1v) is 10.3. The third kappa shape index (κ3) is 3.66. The third-order valence-corrected chi connectivity index (χ3v) is 6.55. The molecular weight excluding hydrogens is 320 g/mol. The lowest BCUT2D eigenvalue weighted by Gasteiger charge is -2.43. The molecular formula is C23H32N2O. The fourth-order valence-corrected chi connectivity index (χ4v) is 5.14. The molecule has 4 rings (SSSR count). The van der Waals surface area contributed by atoms with Gasteiger partial charge in [-0.3, -0.25) is 0 Å². The summed E-state index contributed by atoms with van der Waals surface area (Å²) in [4.78, 5) is 2.49. The predicted octanol–water partition coefficient (Wildman–Crippen LogP) is 4.04. The summed E-state index contributed by atoms with van der Waals surface area (Å²) in [5.74, 6) is 0.152. The van der Waals surface area contributed by atoms with E-state index in [2.05, 4.69) is 47.4 Å². The van der Waals surface area contributed by atoms with Gasteiger partial charge in [-0.1, -0.05) is 61.7 Å². The standard InChI is InChI=1S/C23H32N2O/c24-19-10-7-15-25(16-19)17-22(23(26)13-4-1-5-14-23)21-12-6-9-18-8-2-3-11-20(18)21/h2-3,6,8-9,11-12,19,22,26H,1,4-5,7,10,13-17,24H2/t19-,22?/m1/s1. The summed E-state index contributed by atoms with van der Waals surface area (Å²) in [6.45, 7) is 2.97. The predicted molar refractivity (Wildman–Crippen MR) is 108 cm³/mol. The van der Waals surface area contributed by atoms with E-state index in [1.165, 1.54) is 29.2 Å². The number of aliphatic hydroxyl groups is 1. The molecule has 2 fully saturated rings. The van der Waals surface area contributed by atoms with Crippen LogP contribution in [-0.2, 0) is 0 Å². The number of nitrogens with two attached hydrogens (primary N) is 1. The second-order valence-corrected chi connectivity index (χ2v) is 8.45. The average Bonchev–Trinajstić information content (AvgIpc) is 2.66. The van der Waals surface area contributed by atoms with Crippen LogP contribution in [0.25, 0.3) is 10.8 Å². The van der Waals surface area contributed by atoms with E-state index in [1.54, 1.807) is 0 Å². The minimum Gasteiger partial charge on any atom is -0.389 e. The van der Waals surface area contributed by atoms with Crippen LogP contribution in [0, 0.1) is 0 Å². The lowest BCUT2D eigenvalue weighted by Crippen LogP contribution is -2.49. The summed E-state index contributed by atoms with van der Waals surface area (Å²) < 4.78 is 0. The smallest absolute Gasteiger partial charge is 0.0728 e. The molecule has 0 spiro atoms. The van der Waals surface area contributed by atoms with Gasteiger partial charge in [0.1, 0.15) is 0 Å². The first kappa shape index (κ1) is 18.0. The number of piperidine rings is 1. The first-order valence-electron chi connectivity index (χ1n) is 10.3. The Morgan fingerprint density at radius 2 is 1.81 bits per heavy atom. The fraction of sp³-hybridized carbons (Fsp3) is 0.565. The van der Waals surface area contributed by atoms with Crippen LogP contribution in [-0.4, -0.2) is 41.3 Å². The van der Waals surface area contributed by atoms with Gasteiger partial charge in [0.05, 0.1) is 5.60 Å². The van der Waals surface area contributed by atoms with E-state index in [0.29, 0.717) is 0 Å². The van der Waals surface area contributed by atoms with Crippen molar-refractivity contribution in [3.63, 3.8) is 0 Å². The maximum absolute atomic E-state index is 11.7. The van der Waals surface area contributed by atoms with Crippen molar-refractivity contribution in [2.24, 2.45) is 5.73 Å². The zero-order chi connectivity index (χ0) is 18.0. The van der Waals surface area contributed by atoms with Crippen molar-refractivity contribution in [2.75, 3.05) is 19.6 Å². The first-order chi connectivity index (χ1) is 12.7. The van der Waals surface area contributed by atoms with Gasteiger partial charge in [-0.15, -0.1) is 0 Å². The van der Waals surface area contributed by atoms with Crippen molar-refractivity contribution in [2.45, 2.75) is 62.5 Å². The molecule has 3 nitrogen and oxygen atoms in total. The number of rotatable bonds is 4. The Labute approximate surface area is 157 Å². The summed E-state index contributed by atoms with van der Waals surface area (Å²) in [6.07, 6.45) is 7.65. The van der Waals surface area contributed by atoms with E-state index in [1.807, 2.05) is 0 Å². The van der Waals surface area contributed by atoms with Crippen molar-refractivity contribution in [1.29, 1.82) is 0 Å². The van der Waals surface area contributed by atoms with Gasteiger partial charge in [-0.05, 0) is 48.6 Å². The zero-order valence-corrected chi connectivity index (χ0v) is 15.7. The number of hydrogen-bond acceptors (Lipinski definition) is 3. The van der Waals surface area contributed by atoms with E-state index in [4.69, 9.17) is 5.73 Å². The van der Waals surface area contributed by atoms with Crippen molar-refractivity contribution < 1.29 is 5.11 Å². The van der Waals surface area contributed by atoms with Gasteiger partial charge < -0.3 is 15.7 Å². The SMILES string of the molecule is N[C@@H]1CCCN(CC(c2cccc3ccccc23)C2(O)CCCCC2)C1. The summed E-state index contributed by atoms with van der Waals surface area (Å²) in [7, 11) is 0. The molecule has 0 radical (unpaired) electrons. The van der Waals surface area contributed by atoms with E-state index < -0.39 is 5.60 Å². The number of benzene rings is 2. The van der Waals surface area contributed by atoms with E-state index >= 15 is 0 Å². The lowest BCUT2D eigenvalue weighted by molar-refractivity contribution is -0.0322. The lowest BCUT2D eigenvalue weighted by atomic mass is 9.71. The monoisotopic (exact) mass is 352 g/mol. The highest BCUT2D eigenvalue weighted by Crippen LogP contribution is 2.42. The Morgan fingerprint density at radius 3 is 2.62 bits per heavy atom. The molecule has 1 aliphatic carbocycles. The van der Waals surface area contributed by atoms with Crippen LogP contribution in [0.2, 0.25) is 0 Å². The molecule has 0 aromatic heterocycles. The largest absolute Gasteiger partial charge is 0.389 e. The van der Waals surface area contributed by atoms with Gasteiger partial charge >= 0.3 is 0 Å². The average molecular weight is 353 g/mol. The molecule has 140 valence electrons. The zero-order valence-electron chi connectivity index (χ0n) is 15.7. The highest BCUT2D eigenvalue weighted by Gasteiger charge is 2.40.